The normalized spacial score (nSPS) is 17.6. The Morgan fingerprint density at radius 2 is 1.47 bits per heavy atom. The average Bonchev–Trinajstić information content (AvgIpc) is 3.67. The van der Waals surface area contributed by atoms with E-state index in [0.717, 1.165) is 51.6 Å². The van der Waals surface area contributed by atoms with Gasteiger partial charge in [-0.25, -0.2) is 0 Å². The number of hydrogen-bond donors (Lipinski definition) is 0. The Morgan fingerprint density at radius 1 is 0.867 bits per heavy atom. The molecule has 0 bridgehead atoms. The van der Waals surface area contributed by atoms with Crippen molar-refractivity contribution >= 4 is 23.2 Å². The second-order valence-electron chi connectivity index (χ2n) is 8.68. The third kappa shape index (κ3) is 6.24. The first-order valence-corrected chi connectivity index (χ1v) is 11.7. The summed E-state index contributed by atoms with van der Waals surface area (Å²) in [6, 6.07) is 19.4. The van der Waals surface area contributed by atoms with Crippen LogP contribution in [0.15, 0.2) is 48.5 Å². The molecule has 0 saturated heterocycles. The molecule has 0 aromatic heterocycles. The van der Waals surface area contributed by atoms with E-state index in [2.05, 4.69) is 60.5 Å². The van der Waals surface area contributed by atoms with Crippen LogP contribution >= 0.6 is 23.2 Å². The number of nitrogens with zero attached hydrogens (tertiary/aromatic N) is 2. The maximum absolute atomic E-state index is 7.32. The summed E-state index contributed by atoms with van der Waals surface area (Å²) in [5.74, 6) is 0. The van der Waals surface area contributed by atoms with Crippen LogP contribution < -0.4 is 0 Å². The highest BCUT2D eigenvalue weighted by Crippen LogP contribution is 2.60. The Balaban J connectivity index is 0.000000806. The van der Waals surface area contributed by atoms with Crippen molar-refractivity contribution in [3.8, 4) is 6.07 Å². The van der Waals surface area contributed by atoms with Crippen LogP contribution in [0.3, 0.4) is 0 Å². The lowest BCUT2D eigenvalue weighted by Crippen LogP contribution is -2.22. The molecular formula is C26H32Cl2N2. The van der Waals surface area contributed by atoms with Gasteiger partial charge in [-0.3, -0.25) is 0 Å². The van der Waals surface area contributed by atoms with E-state index in [4.69, 9.17) is 28.5 Å². The molecule has 160 valence electrons. The summed E-state index contributed by atoms with van der Waals surface area (Å²) in [5.41, 5.74) is 5.42. The SMILES string of the molecule is CC#N.CN(CCCc1ccc(C2(Cl)CC2)c(C2(Cl)CC2)c1)CCc1ccccc1. The third-order valence-corrected chi connectivity index (χ3v) is 7.22. The van der Waals surface area contributed by atoms with Gasteiger partial charge in [-0.2, -0.15) is 5.26 Å². The minimum Gasteiger partial charge on any atom is -0.306 e. The first kappa shape index (κ1) is 23.1. The molecule has 2 aromatic rings. The highest BCUT2D eigenvalue weighted by atomic mass is 35.5. The molecule has 2 fully saturated rings. The van der Waals surface area contributed by atoms with E-state index in [1.54, 1.807) is 6.07 Å². The van der Waals surface area contributed by atoms with Gasteiger partial charge < -0.3 is 4.90 Å². The Morgan fingerprint density at radius 3 is 2.07 bits per heavy atom. The van der Waals surface area contributed by atoms with Crippen LogP contribution in [-0.2, 0) is 22.6 Å². The Kier molecular flexibility index (Phi) is 7.86. The van der Waals surface area contributed by atoms with Crippen LogP contribution in [0.4, 0.5) is 0 Å². The zero-order chi connectivity index (χ0) is 21.6. The van der Waals surface area contributed by atoms with Crippen molar-refractivity contribution in [2.75, 3.05) is 20.1 Å². The lowest BCUT2D eigenvalue weighted by Gasteiger charge is -2.20. The summed E-state index contributed by atoms with van der Waals surface area (Å²) in [4.78, 5) is 2.17. The number of hydrogen-bond acceptors (Lipinski definition) is 2. The van der Waals surface area contributed by atoms with Gasteiger partial charge in [-0.1, -0.05) is 48.5 Å². The molecule has 0 spiro atoms. The highest BCUT2D eigenvalue weighted by molar-refractivity contribution is 6.28. The van der Waals surface area contributed by atoms with Gasteiger partial charge in [0, 0.05) is 13.5 Å². The molecule has 0 atom stereocenters. The first-order valence-electron chi connectivity index (χ1n) is 11.0. The number of benzene rings is 2. The Bertz CT molecular complexity index is 864. The van der Waals surface area contributed by atoms with E-state index in [-0.39, 0.29) is 9.75 Å². The van der Waals surface area contributed by atoms with Crippen molar-refractivity contribution in [3.05, 3.63) is 70.8 Å². The van der Waals surface area contributed by atoms with Crippen molar-refractivity contribution < 1.29 is 0 Å². The van der Waals surface area contributed by atoms with E-state index in [1.165, 1.54) is 35.6 Å². The van der Waals surface area contributed by atoms with Crippen LogP contribution in [0.1, 0.15) is 61.3 Å². The number of rotatable bonds is 9. The number of nitriles is 1. The van der Waals surface area contributed by atoms with Gasteiger partial charge >= 0.3 is 0 Å². The average molecular weight is 443 g/mol. The molecule has 4 rings (SSSR count). The van der Waals surface area contributed by atoms with Gasteiger partial charge in [0.2, 0.25) is 0 Å². The summed E-state index contributed by atoms with van der Waals surface area (Å²) >= 11 is 13.5. The molecule has 2 saturated carbocycles. The molecule has 2 aromatic carbocycles. The molecule has 0 unspecified atom stereocenters. The van der Waals surface area contributed by atoms with Crippen molar-refractivity contribution in [1.29, 1.82) is 5.26 Å². The summed E-state index contributed by atoms with van der Waals surface area (Å²) in [6.45, 7) is 3.66. The second-order valence-corrected chi connectivity index (χ2v) is 10.1. The summed E-state index contributed by atoms with van der Waals surface area (Å²) in [5, 5.41) is 7.32. The van der Waals surface area contributed by atoms with Gasteiger partial charge in [0.1, 0.15) is 0 Å². The van der Waals surface area contributed by atoms with Crippen LogP contribution in [-0.4, -0.2) is 25.0 Å². The molecule has 2 nitrogen and oxygen atoms in total. The maximum Gasteiger partial charge on any atom is 0.0699 e. The Hall–Kier alpha value is -1.53. The molecule has 0 aliphatic heterocycles. The van der Waals surface area contributed by atoms with Crippen LogP contribution in [0.5, 0.6) is 0 Å². The number of likely N-dealkylation sites (N-methyl/N-ethyl adjacent to an activating group) is 1. The van der Waals surface area contributed by atoms with E-state index in [1.807, 2.05) is 0 Å². The van der Waals surface area contributed by atoms with E-state index >= 15 is 0 Å². The fraction of sp³-hybridized carbons (Fsp3) is 0.500. The third-order valence-electron chi connectivity index (χ3n) is 6.06. The molecule has 30 heavy (non-hydrogen) atoms. The summed E-state index contributed by atoms with van der Waals surface area (Å²) in [6.07, 6.45) is 7.72. The van der Waals surface area contributed by atoms with E-state index in [9.17, 15) is 0 Å². The second kappa shape index (κ2) is 10.2. The largest absolute Gasteiger partial charge is 0.306 e. The van der Waals surface area contributed by atoms with E-state index in [0.29, 0.717) is 0 Å². The highest BCUT2D eigenvalue weighted by Gasteiger charge is 2.50. The standard InChI is InChI=1S/C24H29Cl2N.C2H3N/c1-27(17-11-19-6-3-2-4-7-19)16-5-8-20-9-10-21(23(25)12-13-23)22(18-20)24(26)14-15-24;1-2-3/h2-4,6-7,9-10,18H,5,8,11-17H2,1H3;1H3. The zero-order valence-corrected chi connectivity index (χ0v) is 19.6. The molecule has 2 aliphatic carbocycles. The van der Waals surface area contributed by atoms with Crippen LogP contribution in [0.2, 0.25) is 0 Å². The predicted molar refractivity (Wildman–Crippen MR) is 127 cm³/mol. The fourth-order valence-corrected chi connectivity index (χ4v) is 4.41. The summed E-state index contributed by atoms with van der Waals surface area (Å²) in [7, 11) is 2.22. The molecule has 0 heterocycles. The molecule has 0 radical (unpaired) electrons. The zero-order valence-electron chi connectivity index (χ0n) is 18.1. The minimum absolute atomic E-state index is 0.129. The van der Waals surface area contributed by atoms with Crippen LogP contribution in [0.25, 0.3) is 0 Å². The lowest BCUT2D eigenvalue weighted by atomic mass is 9.94. The molecule has 0 amide bonds. The van der Waals surface area contributed by atoms with Gasteiger partial charge in [-0.05, 0) is 80.8 Å². The van der Waals surface area contributed by atoms with Crippen LogP contribution in [0, 0.1) is 11.3 Å². The topological polar surface area (TPSA) is 27.0 Å². The monoisotopic (exact) mass is 442 g/mol. The van der Waals surface area contributed by atoms with Crippen molar-refractivity contribution in [3.63, 3.8) is 0 Å². The molecular weight excluding hydrogens is 411 g/mol. The first-order chi connectivity index (χ1) is 14.4. The number of halogens is 2. The molecule has 2 aliphatic rings. The smallest absolute Gasteiger partial charge is 0.0699 e. The maximum atomic E-state index is 7.32. The van der Waals surface area contributed by atoms with Crippen molar-refractivity contribution in [2.24, 2.45) is 0 Å². The lowest BCUT2D eigenvalue weighted by molar-refractivity contribution is 0.333. The van der Waals surface area contributed by atoms with Crippen molar-refractivity contribution in [1.82, 2.24) is 4.90 Å². The quantitative estimate of drug-likeness (QED) is 0.400. The number of aryl methyl sites for hydroxylation is 1. The summed E-state index contributed by atoms with van der Waals surface area (Å²) < 4.78 is 0. The fourth-order valence-electron chi connectivity index (χ4n) is 3.90. The van der Waals surface area contributed by atoms with Gasteiger partial charge in [0.15, 0.2) is 0 Å². The Labute approximate surface area is 191 Å². The molecule has 4 heteroatoms. The minimum atomic E-state index is -0.137. The number of alkyl halides is 2. The predicted octanol–water partition coefficient (Wildman–Crippen LogP) is 6.78. The van der Waals surface area contributed by atoms with Gasteiger partial charge in [0.05, 0.1) is 15.8 Å². The van der Waals surface area contributed by atoms with E-state index < -0.39 is 0 Å². The molecule has 0 N–H and O–H groups in total. The van der Waals surface area contributed by atoms with Gasteiger partial charge in [0.25, 0.3) is 0 Å². The van der Waals surface area contributed by atoms with Gasteiger partial charge in [-0.15, -0.1) is 23.2 Å². The van der Waals surface area contributed by atoms with Crippen molar-refractivity contribution in [2.45, 2.75) is 61.6 Å².